The zero-order chi connectivity index (χ0) is 25.3. The topological polar surface area (TPSA) is 86.8 Å². The minimum Gasteiger partial charge on any atom is -0.354 e. The molecule has 34 heavy (non-hydrogen) atoms. The summed E-state index contributed by atoms with van der Waals surface area (Å²) in [5, 5.41) is 2.82. The number of nitrogens with zero attached hydrogens (tertiary/aromatic N) is 2. The number of hydrogen-bond donors (Lipinski definition) is 1. The first-order valence-electron chi connectivity index (χ1n) is 11.4. The number of sulfonamides is 1. The molecule has 0 aliphatic rings. The Morgan fingerprint density at radius 2 is 1.82 bits per heavy atom. The molecule has 1 atom stereocenters. The van der Waals surface area contributed by atoms with E-state index in [0.717, 1.165) is 28.1 Å². The lowest BCUT2D eigenvalue weighted by Crippen LogP contribution is -2.47. The molecule has 1 N–H and O–H groups in total. The molecular formula is C25H34FN3O4S. The van der Waals surface area contributed by atoms with Crippen LogP contribution in [-0.4, -0.2) is 50.5 Å². The van der Waals surface area contributed by atoms with E-state index < -0.39 is 21.9 Å². The van der Waals surface area contributed by atoms with E-state index in [2.05, 4.69) is 5.32 Å². The van der Waals surface area contributed by atoms with Crippen LogP contribution in [0.25, 0.3) is 0 Å². The molecule has 7 nitrogen and oxygen atoms in total. The highest BCUT2D eigenvalue weighted by Crippen LogP contribution is 2.22. The second kappa shape index (κ2) is 12.5. The Morgan fingerprint density at radius 3 is 2.44 bits per heavy atom. The summed E-state index contributed by atoms with van der Waals surface area (Å²) < 4.78 is 39.8. The van der Waals surface area contributed by atoms with E-state index in [4.69, 9.17) is 0 Å². The van der Waals surface area contributed by atoms with Crippen molar-refractivity contribution < 1.29 is 22.4 Å². The van der Waals surface area contributed by atoms with Gasteiger partial charge in [0.2, 0.25) is 21.8 Å². The van der Waals surface area contributed by atoms with Crippen LogP contribution in [0.15, 0.2) is 48.5 Å². The molecule has 0 unspecified atom stereocenters. The number of anilines is 1. The van der Waals surface area contributed by atoms with Gasteiger partial charge in [-0.25, -0.2) is 12.8 Å². The van der Waals surface area contributed by atoms with Gasteiger partial charge in [0.1, 0.15) is 11.9 Å². The van der Waals surface area contributed by atoms with Crippen molar-refractivity contribution in [2.24, 2.45) is 0 Å². The summed E-state index contributed by atoms with van der Waals surface area (Å²) in [4.78, 5) is 27.3. The Labute approximate surface area is 202 Å². The Hall–Kier alpha value is -2.94. The fraction of sp³-hybridized carbons (Fsp3) is 0.440. The molecule has 0 heterocycles. The van der Waals surface area contributed by atoms with Crippen LogP contribution in [0.5, 0.6) is 0 Å². The van der Waals surface area contributed by atoms with Crippen molar-refractivity contribution in [3.63, 3.8) is 0 Å². The van der Waals surface area contributed by atoms with Gasteiger partial charge in [-0.1, -0.05) is 48.9 Å². The number of para-hydroxylation sites is 1. The van der Waals surface area contributed by atoms with Gasteiger partial charge in [0.05, 0.1) is 11.9 Å². The van der Waals surface area contributed by atoms with Crippen LogP contribution in [0.1, 0.15) is 44.2 Å². The van der Waals surface area contributed by atoms with Gasteiger partial charge in [0.25, 0.3) is 0 Å². The Bertz CT molecular complexity index is 1090. The van der Waals surface area contributed by atoms with E-state index in [1.54, 1.807) is 13.0 Å². The van der Waals surface area contributed by atoms with E-state index in [1.165, 1.54) is 23.1 Å². The highest BCUT2D eigenvalue weighted by Gasteiger charge is 2.27. The molecule has 0 fully saturated rings. The summed E-state index contributed by atoms with van der Waals surface area (Å²) in [5.41, 5.74) is 1.88. The zero-order valence-corrected chi connectivity index (χ0v) is 21.1. The molecule has 2 aromatic rings. The molecule has 0 radical (unpaired) electrons. The number of amides is 2. The van der Waals surface area contributed by atoms with Crippen molar-refractivity contribution in [1.82, 2.24) is 10.2 Å². The number of hydrogen-bond acceptors (Lipinski definition) is 4. The first-order chi connectivity index (χ1) is 16.0. The fourth-order valence-corrected chi connectivity index (χ4v) is 4.59. The Kier molecular flexibility index (Phi) is 10.0. The standard InChI is InChI=1S/C25H34FN3O4S/c1-5-15-27-25(31)20(3)28(18-21-11-8-10-19(2)17-21)24(30)14-9-16-29(34(4,32)33)23-13-7-6-12-22(23)26/h6-8,10-13,17,20H,5,9,14-16,18H2,1-4H3,(H,27,31)/t20-/m1/s1. The summed E-state index contributed by atoms with van der Waals surface area (Å²) in [6.45, 7) is 6.30. The maximum absolute atomic E-state index is 14.2. The predicted molar refractivity (Wildman–Crippen MR) is 132 cm³/mol. The number of carbonyl (C=O) groups is 2. The molecular weight excluding hydrogens is 457 g/mol. The van der Waals surface area contributed by atoms with Crippen LogP contribution >= 0.6 is 0 Å². The van der Waals surface area contributed by atoms with Crippen molar-refractivity contribution in [3.8, 4) is 0 Å². The van der Waals surface area contributed by atoms with Crippen LogP contribution < -0.4 is 9.62 Å². The minimum atomic E-state index is -3.75. The molecule has 0 aliphatic heterocycles. The molecule has 9 heteroatoms. The second-order valence-corrected chi connectivity index (χ2v) is 10.3. The fourth-order valence-electron chi connectivity index (χ4n) is 3.62. The summed E-state index contributed by atoms with van der Waals surface area (Å²) in [5.74, 6) is -1.17. The molecule has 2 rings (SSSR count). The normalized spacial score (nSPS) is 12.1. The van der Waals surface area contributed by atoms with Gasteiger partial charge < -0.3 is 10.2 Å². The summed E-state index contributed by atoms with van der Waals surface area (Å²) >= 11 is 0. The van der Waals surface area contributed by atoms with Crippen molar-refractivity contribution in [2.45, 2.75) is 52.6 Å². The van der Waals surface area contributed by atoms with Gasteiger partial charge in [-0.15, -0.1) is 0 Å². The van der Waals surface area contributed by atoms with Crippen LogP contribution in [0, 0.1) is 12.7 Å². The van der Waals surface area contributed by atoms with Gasteiger partial charge in [-0.2, -0.15) is 0 Å². The van der Waals surface area contributed by atoms with Gasteiger partial charge in [0, 0.05) is 26.1 Å². The number of nitrogens with one attached hydrogen (secondary N) is 1. The van der Waals surface area contributed by atoms with Crippen LogP contribution in [0.4, 0.5) is 10.1 Å². The van der Waals surface area contributed by atoms with E-state index in [1.807, 2.05) is 38.1 Å². The van der Waals surface area contributed by atoms with Gasteiger partial charge in [-0.3, -0.25) is 13.9 Å². The molecule has 0 spiro atoms. The number of benzene rings is 2. The molecule has 0 saturated carbocycles. The second-order valence-electron chi connectivity index (χ2n) is 8.37. The molecule has 2 aromatic carbocycles. The highest BCUT2D eigenvalue weighted by molar-refractivity contribution is 7.92. The van der Waals surface area contributed by atoms with E-state index >= 15 is 0 Å². The van der Waals surface area contributed by atoms with Crippen molar-refractivity contribution in [3.05, 3.63) is 65.5 Å². The average molecular weight is 492 g/mol. The lowest BCUT2D eigenvalue weighted by atomic mass is 10.1. The smallest absolute Gasteiger partial charge is 0.242 e. The van der Waals surface area contributed by atoms with Crippen LogP contribution in [-0.2, 0) is 26.2 Å². The highest BCUT2D eigenvalue weighted by atomic mass is 32.2. The monoisotopic (exact) mass is 491 g/mol. The van der Waals surface area contributed by atoms with E-state index in [9.17, 15) is 22.4 Å². The maximum atomic E-state index is 14.2. The SMILES string of the molecule is CCCNC(=O)[C@@H](C)N(Cc1cccc(C)c1)C(=O)CCCN(c1ccccc1F)S(C)(=O)=O. The van der Waals surface area contributed by atoms with Crippen LogP contribution in [0.3, 0.4) is 0 Å². The number of carbonyl (C=O) groups excluding carboxylic acids is 2. The lowest BCUT2D eigenvalue weighted by Gasteiger charge is -2.29. The van der Waals surface area contributed by atoms with Crippen molar-refractivity contribution in [1.29, 1.82) is 0 Å². The number of aryl methyl sites for hydroxylation is 1. The average Bonchev–Trinajstić information content (AvgIpc) is 2.78. The number of rotatable bonds is 12. The largest absolute Gasteiger partial charge is 0.354 e. The number of halogens is 1. The van der Waals surface area contributed by atoms with Gasteiger partial charge in [0.15, 0.2) is 0 Å². The van der Waals surface area contributed by atoms with E-state index in [0.29, 0.717) is 6.54 Å². The molecule has 0 aromatic heterocycles. The Morgan fingerprint density at radius 1 is 1.12 bits per heavy atom. The third-order valence-corrected chi connectivity index (χ3v) is 6.61. The molecule has 0 aliphatic carbocycles. The van der Waals surface area contributed by atoms with Gasteiger partial charge in [-0.05, 0) is 44.4 Å². The molecule has 186 valence electrons. The van der Waals surface area contributed by atoms with E-state index in [-0.39, 0.29) is 43.4 Å². The quantitative estimate of drug-likeness (QED) is 0.491. The summed E-state index contributed by atoms with van der Waals surface area (Å²) in [6.07, 6.45) is 1.97. The third kappa shape index (κ3) is 7.83. The molecule has 0 saturated heterocycles. The summed E-state index contributed by atoms with van der Waals surface area (Å²) in [6, 6.07) is 12.6. The van der Waals surface area contributed by atoms with Crippen LogP contribution in [0.2, 0.25) is 0 Å². The summed E-state index contributed by atoms with van der Waals surface area (Å²) in [7, 11) is -3.75. The first-order valence-corrected chi connectivity index (χ1v) is 13.2. The van der Waals surface area contributed by atoms with Crippen molar-refractivity contribution >= 4 is 27.5 Å². The van der Waals surface area contributed by atoms with Crippen molar-refractivity contribution in [2.75, 3.05) is 23.7 Å². The molecule has 0 bridgehead atoms. The third-order valence-electron chi connectivity index (χ3n) is 5.43. The first kappa shape index (κ1) is 27.3. The maximum Gasteiger partial charge on any atom is 0.242 e. The molecule has 2 amide bonds. The minimum absolute atomic E-state index is 0.0116. The van der Waals surface area contributed by atoms with Gasteiger partial charge >= 0.3 is 0 Å². The lowest BCUT2D eigenvalue weighted by molar-refractivity contribution is -0.140. The predicted octanol–water partition coefficient (Wildman–Crippen LogP) is 3.62. The Balaban J connectivity index is 2.16. The zero-order valence-electron chi connectivity index (χ0n) is 20.3.